The van der Waals surface area contributed by atoms with Crippen LogP contribution in [0.2, 0.25) is 0 Å². The first-order valence-corrected chi connectivity index (χ1v) is 12.4. The molecule has 0 spiro atoms. The van der Waals surface area contributed by atoms with Gasteiger partial charge in [-0.3, -0.25) is 9.89 Å². The van der Waals surface area contributed by atoms with E-state index < -0.39 is 0 Å². The van der Waals surface area contributed by atoms with Gasteiger partial charge >= 0.3 is 0 Å². The van der Waals surface area contributed by atoms with Crippen LogP contribution in [0.1, 0.15) is 11.3 Å². The number of nitrogens with one attached hydrogen (secondary N) is 1. The van der Waals surface area contributed by atoms with Crippen molar-refractivity contribution in [3.63, 3.8) is 0 Å². The summed E-state index contributed by atoms with van der Waals surface area (Å²) in [7, 11) is 3.36. The Bertz CT molecular complexity index is 1200. The van der Waals surface area contributed by atoms with Crippen LogP contribution in [0.15, 0.2) is 41.3 Å². The predicted octanol–water partition coefficient (Wildman–Crippen LogP) is 3.69. The summed E-state index contributed by atoms with van der Waals surface area (Å²) in [6.07, 6.45) is 5.84. The molecule has 10 heteroatoms. The van der Waals surface area contributed by atoms with E-state index in [0.29, 0.717) is 18.3 Å². The molecule has 35 heavy (non-hydrogen) atoms. The number of hydrogen-bond donors (Lipinski definition) is 2. The van der Waals surface area contributed by atoms with Gasteiger partial charge in [0.1, 0.15) is 11.5 Å². The van der Waals surface area contributed by atoms with Crippen molar-refractivity contribution in [2.24, 2.45) is 10.7 Å². The number of anilines is 1. The molecule has 9 nitrogen and oxygen atoms in total. The number of morpholine rings is 1. The summed E-state index contributed by atoms with van der Waals surface area (Å²) in [4.78, 5) is 16.7. The highest BCUT2D eigenvalue weighted by molar-refractivity contribution is 7.19. The van der Waals surface area contributed by atoms with E-state index >= 15 is 0 Å². The zero-order chi connectivity index (χ0) is 24.6. The van der Waals surface area contributed by atoms with Crippen molar-refractivity contribution in [2.45, 2.75) is 13.3 Å². The number of hydrogen-bond acceptors (Lipinski definition) is 10. The predicted molar refractivity (Wildman–Crippen MR) is 142 cm³/mol. The van der Waals surface area contributed by atoms with Crippen LogP contribution in [0.5, 0.6) is 11.5 Å². The lowest BCUT2D eigenvalue weighted by Gasteiger charge is -2.26. The summed E-state index contributed by atoms with van der Waals surface area (Å²) >= 11 is 1.65. The van der Waals surface area contributed by atoms with Crippen LogP contribution in [0.4, 0.5) is 5.95 Å². The highest BCUT2D eigenvalue weighted by atomic mass is 32.1. The molecule has 1 aromatic carbocycles. The van der Waals surface area contributed by atoms with Crippen molar-refractivity contribution in [2.75, 3.05) is 58.9 Å². The maximum atomic E-state index is 6.03. The van der Waals surface area contributed by atoms with Gasteiger partial charge in [0.05, 0.1) is 49.0 Å². The molecule has 1 saturated heterocycles. The first-order chi connectivity index (χ1) is 17.1. The first-order valence-electron chi connectivity index (χ1n) is 11.6. The topological polar surface area (TPSA) is 107 Å². The van der Waals surface area contributed by atoms with Crippen LogP contribution in [-0.4, -0.2) is 74.7 Å². The number of allylic oxidation sites excluding steroid dienone is 1. The number of rotatable bonds is 10. The van der Waals surface area contributed by atoms with Gasteiger partial charge in [0.2, 0.25) is 5.95 Å². The van der Waals surface area contributed by atoms with Gasteiger partial charge in [0.15, 0.2) is 0 Å². The van der Waals surface area contributed by atoms with Crippen LogP contribution in [0, 0.1) is 6.92 Å². The van der Waals surface area contributed by atoms with Gasteiger partial charge in [-0.05, 0) is 25.5 Å². The van der Waals surface area contributed by atoms with Crippen LogP contribution in [0.25, 0.3) is 21.3 Å². The highest BCUT2D eigenvalue weighted by Crippen LogP contribution is 2.42. The summed E-state index contributed by atoms with van der Waals surface area (Å²) in [5, 5.41) is 3.11. The number of nitrogens with zero attached hydrogens (tertiary/aromatic N) is 4. The lowest BCUT2D eigenvalue weighted by Crippen LogP contribution is -2.37. The van der Waals surface area contributed by atoms with Crippen molar-refractivity contribution in [3.05, 3.63) is 41.2 Å². The second-order valence-electron chi connectivity index (χ2n) is 8.09. The first kappa shape index (κ1) is 24.9. The summed E-state index contributed by atoms with van der Waals surface area (Å²) < 4.78 is 18.2. The van der Waals surface area contributed by atoms with E-state index in [-0.39, 0.29) is 0 Å². The van der Waals surface area contributed by atoms with E-state index in [0.717, 1.165) is 77.0 Å². The Morgan fingerprint density at radius 1 is 1.34 bits per heavy atom. The fourth-order valence-corrected chi connectivity index (χ4v) is 5.03. The van der Waals surface area contributed by atoms with Crippen molar-refractivity contribution < 1.29 is 14.2 Å². The molecule has 2 aromatic heterocycles. The minimum absolute atomic E-state index is 0.451. The molecule has 1 aliphatic heterocycles. The number of methoxy groups -OCH3 is 1. The zero-order valence-electron chi connectivity index (χ0n) is 20.4. The van der Waals surface area contributed by atoms with Gasteiger partial charge in [0.25, 0.3) is 0 Å². The van der Waals surface area contributed by atoms with Gasteiger partial charge in [-0.2, -0.15) is 0 Å². The van der Waals surface area contributed by atoms with Gasteiger partial charge in [-0.1, -0.05) is 0 Å². The summed E-state index contributed by atoms with van der Waals surface area (Å²) in [5.41, 5.74) is 9.13. The molecule has 3 aromatic rings. The normalized spacial score (nSPS) is 15.1. The van der Waals surface area contributed by atoms with Crippen LogP contribution in [0.3, 0.4) is 0 Å². The van der Waals surface area contributed by atoms with Crippen molar-refractivity contribution >= 4 is 33.7 Å². The van der Waals surface area contributed by atoms with E-state index in [9.17, 15) is 0 Å². The Hall–Kier alpha value is -3.21. The zero-order valence-corrected chi connectivity index (χ0v) is 21.2. The molecule has 0 radical (unpaired) electrons. The summed E-state index contributed by atoms with van der Waals surface area (Å²) in [6.45, 7) is 7.37. The van der Waals surface area contributed by atoms with Crippen LogP contribution >= 0.6 is 11.3 Å². The molecular formula is C25H32N6O3S. The van der Waals surface area contributed by atoms with Crippen LogP contribution < -0.4 is 20.5 Å². The SMILES string of the molecule is CN=CC(=CN)Nc1ncc2sc(C)c(-c3ccc(OCCCN4CCOCC4)cc3OC)c2n1. The molecule has 1 aliphatic rings. The fourth-order valence-electron chi connectivity index (χ4n) is 4.04. The number of thiophene rings is 1. The number of ether oxygens (including phenoxy) is 3. The Morgan fingerprint density at radius 3 is 2.91 bits per heavy atom. The van der Waals surface area contributed by atoms with E-state index in [1.807, 2.05) is 24.4 Å². The minimum atomic E-state index is 0.451. The molecule has 4 rings (SSSR count). The largest absolute Gasteiger partial charge is 0.496 e. The molecule has 186 valence electrons. The number of benzene rings is 1. The Kier molecular flexibility index (Phi) is 8.51. The van der Waals surface area contributed by atoms with Crippen LogP contribution in [-0.2, 0) is 4.74 Å². The third kappa shape index (κ3) is 6.08. The van der Waals surface area contributed by atoms with Gasteiger partial charge in [-0.25, -0.2) is 9.97 Å². The maximum Gasteiger partial charge on any atom is 0.227 e. The Labute approximate surface area is 209 Å². The second kappa shape index (κ2) is 12.0. The Morgan fingerprint density at radius 2 is 2.17 bits per heavy atom. The molecule has 0 amide bonds. The van der Waals surface area contributed by atoms with E-state index in [1.165, 1.54) is 6.20 Å². The summed E-state index contributed by atoms with van der Waals surface area (Å²) in [5.74, 6) is 1.98. The van der Waals surface area contributed by atoms with E-state index in [1.54, 1.807) is 31.7 Å². The molecule has 3 N–H and O–H groups in total. The van der Waals surface area contributed by atoms with Crippen molar-refractivity contribution in [3.8, 4) is 22.6 Å². The molecule has 0 aliphatic carbocycles. The van der Waals surface area contributed by atoms with Crippen molar-refractivity contribution in [1.82, 2.24) is 14.9 Å². The van der Waals surface area contributed by atoms with E-state index in [2.05, 4.69) is 27.1 Å². The second-order valence-corrected chi connectivity index (χ2v) is 9.35. The smallest absolute Gasteiger partial charge is 0.227 e. The number of aliphatic imine (C=N–C) groups is 1. The standard InChI is InChI=1S/C25H32N6O3S/c1-17-23(24-22(35-17)16-28-25(30-24)29-18(14-26)15-27-2)20-6-5-19(13-21(20)32-3)34-10-4-7-31-8-11-33-12-9-31/h5-6,13-16H,4,7-12,26H2,1-3H3,(H,28,29,30). The minimum Gasteiger partial charge on any atom is -0.496 e. The van der Waals surface area contributed by atoms with E-state index in [4.69, 9.17) is 24.9 Å². The van der Waals surface area contributed by atoms with Gasteiger partial charge in [0, 0.05) is 61.2 Å². The average Bonchev–Trinajstić information content (AvgIpc) is 3.21. The highest BCUT2D eigenvalue weighted by Gasteiger charge is 2.18. The summed E-state index contributed by atoms with van der Waals surface area (Å²) in [6, 6.07) is 5.97. The monoisotopic (exact) mass is 496 g/mol. The molecule has 0 atom stereocenters. The third-order valence-corrected chi connectivity index (χ3v) is 6.77. The quantitative estimate of drug-likeness (QED) is 0.323. The molecule has 0 bridgehead atoms. The number of aromatic nitrogens is 2. The molecule has 0 unspecified atom stereocenters. The molecule has 3 heterocycles. The molecule has 1 fully saturated rings. The lowest BCUT2D eigenvalue weighted by atomic mass is 10.0. The fraction of sp³-hybridized carbons (Fsp3) is 0.400. The van der Waals surface area contributed by atoms with Crippen molar-refractivity contribution in [1.29, 1.82) is 0 Å². The van der Waals surface area contributed by atoms with Gasteiger partial charge in [-0.15, -0.1) is 11.3 Å². The Balaban J connectivity index is 1.53. The molecular weight excluding hydrogens is 464 g/mol. The van der Waals surface area contributed by atoms with Gasteiger partial charge < -0.3 is 25.3 Å². The molecule has 0 saturated carbocycles. The maximum absolute atomic E-state index is 6.03. The average molecular weight is 497 g/mol. The number of nitrogens with two attached hydrogens (primary N) is 1. The lowest BCUT2D eigenvalue weighted by molar-refractivity contribution is 0.0358. The number of aryl methyl sites for hydroxylation is 1. The number of fused-ring (bicyclic) bond motifs is 1. The third-order valence-electron chi connectivity index (χ3n) is 5.74.